The molecule has 1 aliphatic heterocycles. The quantitative estimate of drug-likeness (QED) is 0.751. The highest BCUT2D eigenvalue weighted by Gasteiger charge is 2.24. The van der Waals surface area contributed by atoms with Crippen LogP contribution in [0.15, 0.2) is 18.2 Å². The third-order valence-corrected chi connectivity index (χ3v) is 4.34. The maximum atomic E-state index is 12.8. The van der Waals surface area contributed by atoms with E-state index in [1.54, 1.807) is 6.07 Å². The van der Waals surface area contributed by atoms with Gasteiger partial charge in [-0.3, -0.25) is 4.79 Å². The summed E-state index contributed by atoms with van der Waals surface area (Å²) in [4.78, 5) is 26.8. The van der Waals surface area contributed by atoms with E-state index in [9.17, 15) is 9.59 Å². The van der Waals surface area contributed by atoms with Crippen LogP contribution in [0, 0.1) is 6.92 Å². The van der Waals surface area contributed by atoms with Gasteiger partial charge in [-0.2, -0.15) is 0 Å². The van der Waals surface area contributed by atoms with E-state index in [-0.39, 0.29) is 29.9 Å². The standard InChI is InChI=1S/C19H30N4O2.ClH/c1-13-8-9-14(11-16(13)21-18(25)22-19(2,3)4)17(24)23-10-6-7-15(12-23)20-5;/h8-9,11,15,20H,6-7,10,12H2,1-5H3,(H2,21,22,25);1H. The van der Waals surface area contributed by atoms with Gasteiger partial charge in [-0.05, 0) is 65.3 Å². The largest absolute Gasteiger partial charge is 0.337 e. The molecular formula is C19H31ClN4O2. The Morgan fingerprint density at radius 2 is 1.92 bits per heavy atom. The van der Waals surface area contributed by atoms with Gasteiger partial charge >= 0.3 is 6.03 Å². The van der Waals surface area contributed by atoms with Crippen LogP contribution < -0.4 is 16.0 Å². The summed E-state index contributed by atoms with van der Waals surface area (Å²) in [6.07, 6.45) is 2.09. The number of amides is 3. The molecule has 6 nitrogen and oxygen atoms in total. The molecule has 3 N–H and O–H groups in total. The van der Waals surface area contributed by atoms with E-state index in [1.165, 1.54) is 0 Å². The number of carbonyl (C=O) groups excluding carboxylic acids is 2. The molecule has 146 valence electrons. The summed E-state index contributed by atoms with van der Waals surface area (Å²) in [6, 6.07) is 5.54. The summed E-state index contributed by atoms with van der Waals surface area (Å²) in [6.45, 7) is 9.18. The average Bonchev–Trinajstić information content (AvgIpc) is 2.54. The highest BCUT2D eigenvalue weighted by atomic mass is 35.5. The first-order chi connectivity index (χ1) is 11.7. The van der Waals surface area contributed by atoms with Crippen molar-refractivity contribution in [1.82, 2.24) is 15.5 Å². The molecular weight excluding hydrogens is 352 g/mol. The SMILES string of the molecule is CNC1CCCN(C(=O)c2ccc(C)c(NC(=O)NC(C)(C)C)c2)C1.Cl. The van der Waals surface area contributed by atoms with Gasteiger partial charge in [0.1, 0.15) is 0 Å². The second-order valence-corrected chi connectivity index (χ2v) is 7.74. The van der Waals surface area contributed by atoms with Crippen molar-refractivity contribution in [1.29, 1.82) is 0 Å². The summed E-state index contributed by atoms with van der Waals surface area (Å²) in [7, 11) is 1.93. The molecule has 1 heterocycles. The van der Waals surface area contributed by atoms with Crippen LogP contribution >= 0.6 is 12.4 Å². The van der Waals surface area contributed by atoms with Gasteiger partial charge in [-0.15, -0.1) is 12.4 Å². The summed E-state index contributed by atoms with van der Waals surface area (Å²) in [5.41, 5.74) is 1.87. The lowest BCUT2D eigenvalue weighted by molar-refractivity contribution is 0.0698. The molecule has 0 aromatic heterocycles. The van der Waals surface area contributed by atoms with Crippen molar-refractivity contribution < 1.29 is 9.59 Å². The van der Waals surface area contributed by atoms with Crippen LogP contribution in [0.1, 0.15) is 49.5 Å². The highest BCUT2D eigenvalue weighted by molar-refractivity contribution is 5.97. The number of anilines is 1. The van der Waals surface area contributed by atoms with E-state index in [0.717, 1.165) is 31.5 Å². The average molecular weight is 383 g/mol. The number of halogens is 1. The van der Waals surface area contributed by atoms with E-state index in [1.807, 2.05) is 51.8 Å². The molecule has 3 amide bonds. The summed E-state index contributed by atoms with van der Waals surface area (Å²) >= 11 is 0. The van der Waals surface area contributed by atoms with Gasteiger partial charge in [-0.25, -0.2) is 4.79 Å². The minimum absolute atomic E-state index is 0. The summed E-state index contributed by atoms with van der Waals surface area (Å²) in [5, 5.41) is 8.97. The molecule has 1 unspecified atom stereocenters. The molecule has 0 spiro atoms. The Kier molecular flexibility index (Phi) is 7.90. The van der Waals surface area contributed by atoms with Crippen molar-refractivity contribution in [2.45, 2.75) is 52.1 Å². The zero-order chi connectivity index (χ0) is 18.6. The number of likely N-dealkylation sites (N-methyl/N-ethyl adjacent to an activating group) is 1. The maximum Gasteiger partial charge on any atom is 0.319 e. The fraction of sp³-hybridized carbons (Fsp3) is 0.579. The number of carbonyl (C=O) groups is 2. The van der Waals surface area contributed by atoms with E-state index in [0.29, 0.717) is 17.3 Å². The molecule has 1 fully saturated rings. The number of rotatable bonds is 3. The number of nitrogens with one attached hydrogen (secondary N) is 3. The first kappa shape index (κ1) is 22.3. The Hall–Kier alpha value is -1.79. The summed E-state index contributed by atoms with van der Waals surface area (Å²) in [5.74, 6) is 0.0132. The predicted octanol–water partition coefficient (Wildman–Crippen LogP) is 3.16. The molecule has 7 heteroatoms. The monoisotopic (exact) mass is 382 g/mol. The number of piperidine rings is 1. The van der Waals surface area contributed by atoms with Crippen molar-refractivity contribution in [2.24, 2.45) is 0 Å². The number of likely N-dealkylation sites (tertiary alicyclic amines) is 1. The third-order valence-electron chi connectivity index (χ3n) is 4.34. The van der Waals surface area contributed by atoms with Crippen LogP contribution in [0.25, 0.3) is 0 Å². The molecule has 26 heavy (non-hydrogen) atoms. The Balaban J connectivity index is 0.00000338. The Bertz CT molecular complexity index is 643. The van der Waals surface area contributed by atoms with E-state index in [2.05, 4.69) is 16.0 Å². The normalized spacial score (nSPS) is 17.3. The van der Waals surface area contributed by atoms with Crippen molar-refractivity contribution >= 4 is 30.0 Å². The third kappa shape index (κ3) is 6.18. The maximum absolute atomic E-state index is 12.8. The van der Waals surface area contributed by atoms with Gasteiger partial charge in [0.05, 0.1) is 0 Å². The number of hydrogen-bond acceptors (Lipinski definition) is 3. The molecule has 2 rings (SSSR count). The van der Waals surface area contributed by atoms with Crippen LogP contribution in [-0.4, -0.2) is 48.6 Å². The molecule has 1 atom stereocenters. The first-order valence-corrected chi connectivity index (χ1v) is 8.86. The van der Waals surface area contributed by atoms with Crippen LogP contribution in [0.2, 0.25) is 0 Å². The lowest BCUT2D eigenvalue weighted by atomic mass is 10.0. The van der Waals surface area contributed by atoms with Crippen molar-refractivity contribution in [2.75, 3.05) is 25.5 Å². The number of benzene rings is 1. The highest BCUT2D eigenvalue weighted by Crippen LogP contribution is 2.20. The van der Waals surface area contributed by atoms with Gasteiger partial charge in [0.25, 0.3) is 5.91 Å². The predicted molar refractivity (Wildman–Crippen MR) is 108 cm³/mol. The van der Waals surface area contributed by atoms with E-state index >= 15 is 0 Å². The van der Waals surface area contributed by atoms with Crippen LogP contribution in [0.3, 0.4) is 0 Å². The zero-order valence-corrected chi connectivity index (χ0v) is 17.1. The summed E-state index contributed by atoms with van der Waals surface area (Å²) < 4.78 is 0. The Morgan fingerprint density at radius 3 is 2.54 bits per heavy atom. The van der Waals surface area contributed by atoms with Gasteiger partial charge in [0, 0.05) is 35.9 Å². The van der Waals surface area contributed by atoms with Crippen molar-refractivity contribution in [3.8, 4) is 0 Å². The molecule has 0 aliphatic carbocycles. The topological polar surface area (TPSA) is 73.5 Å². The Labute approximate surface area is 162 Å². The van der Waals surface area contributed by atoms with Gasteiger partial charge < -0.3 is 20.9 Å². The molecule has 1 aromatic carbocycles. The number of hydrogen-bond donors (Lipinski definition) is 3. The van der Waals surface area contributed by atoms with Gasteiger partial charge in [0.2, 0.25) is 0 Å². The van der Waals surface area contributed by atoms with E-state index in [4.69, 9.17) is 0 Å². The first-order valence-electron chi connectivity index (χ1n) is 8.86. The second kappa shape index (κ2) is 9.24. The second-order valence-electron chi connectivity index (χ2n) is 7.74. The fourth-order valence-electron chi connectivity index (χ4n) is 2.96. The molecule has 0 bridgehead atoms. The lowest BCUT2D eigenvalue weighted by Gasteiger charge is -2.32. The van der Waals surface area contributed by atoms with Gasteiger partial charge in [-0.1, -0.05) is 6.07 Å². The van der Waals surface area contributed by atoms with Crippen molar-refractivity contribution in [3.05, 3.63) is 29.3 Å². The van der Waals surface area contributed by atoms with Crippen LogP contribution in [0.4, 0.5) is 10.5 Å². The minimum Gasteiger partial charge on any atom is -0.337 e. The number of nitrogens with zero attached hydrogens (tertiary/aromatic N) is 1. The number of urea groups is 1. The molecule has 0 saturated carbocycles. The number of aryl methyl sites for hydroxylation is 1. The van der Waals surface area contributed by atoms with Gasteiger partial charge in [0.15, 0.2) is 0 Å². The van der Waals surface area contributed by atoms with Crippen LogP contribution in [-0.2, 0) is 0 Å². The molecule has 1 aliphatic rings. The van der Waals surface area contributed by atoms with Crippen molar-refractivity contribution in [3.63, 3.8) is 0 Å². The van der Waals surface area contributed by atoms with E-state index < -0.39 is 0 Å². The zero-order valence-electron chi connectivity index (χ0n) is 16.3. The minimum atomic E-state index is -0.318. The van der Waals surface area contributed by atoms with Crippen LogP contribution in [0.5, 0.6) is 0 Å². The smallest absolute Gasteiger partial charge is 0.319 e. The Morgan fingerprint density at radius 1 is 1.23 bits per heavy atom. The molecule has 0 radical (unpaired) electrons. The lowest BCUT2D eigenvalue weighted by Crippen LogP contribution is -2.47. The molecule has 1 saturated heterocycles. The fourth-order valence-corrected chi connectivity index (χ4v) is 2.96. The molecule has 1 aromatic rings.